The van der Waals surface area contributed by atoms with Crippen LogP contribution in [-0.2, 0) is 0 Å². The molecule has 0 amide bonds. The first-order valence-electron chi connectivity index (χ1n) is 7.03. The predicted octanol–water partition coefficient (Wildman–Crippen LogP) is 4.68. The molecule has 0 aromatic rings. The van der Waals surface area contributed by atoms with E-state index in [4.69, 9.17) is 5.26 Å². The molecule has 0 atom stereocenters. The molecule has 0 N–H and O–H groups in total. The van der Waals surface area contributed by atoms with Crippen molar-refractivity contribution in [3.63, 3.8) is 0 Å². The van der Waals surface area contributed by atoms with Gasteiger partial charge in [0.15, 0.2) is 0 Å². The lowest BCUT2D eigenvalue weighted by Gasteiger charge is -2.27. The van der Waals surface area contributed by atoms with E-state index >= 15 is 0 Å². The zero-order chi connectivity index (χ0) is 16.6. The number of rotatable bonds is 5. The van der Waals surface area contributed by atoms with E-state index in [1.54, 1.807) is 6.08 Å². The van der Waals surface area contributed by atoms with E-state index in [-0.39, 0.29) is 5.41 Å². The Kier molecular flexibility index (Phi) is 18.5. The maximum absolute atomic E-state index is 8.65. The highest BCUT2D eigenvalue weighted by atomic mass is 15.1. The molecule has 0 aliphatic carbocycles. The molecule has 0 saturated carbocycles. The number of aliphatic imine (C=N–C) groups is 1. The van der Waals surface area contributed by atoms with Gasteiger partial charge in [0.2, 0.25) is 0 Å². The van der Waals surface area contributed by atoms with E-state index in [9.17, 15) is 0 Å². The van der Waals surface area contributed by atoms with Gasteiger partial charge in [0.1, 0.15) is 0 Å². The fourth-order valence-electron chi connectivity index (χ4n) is 1.25. The summed E-state index contributed by atoms with van der Waals surface area (Å²) in [6, 6.07) is 2.14. The molecule has 116 valence electrons. The Bertz CT molecular complexity index is 292. The van der Waals surface area contributed by atoms with Crippen LogP contribution in [0.3, 0.4) is 0 Å². The number of allylic oxidation sites excluding steroid dienone is 1. The van der Waals surface area contributed by atoms with Crippen molar-refractivity contribution in [3.05, 3.63) is 24.9 Å². The van der Waals surface area contributed by atoms with Crippen LogP contribution in [-0.4, -0.2) is 31.3 Å². The van der Waals surface area contributed by atoms with Crippen molar-refractivity contribution >= 4 is 6.72 Å². The minimum absolute atomic E-state index is 0.179. The third-order valence-corrected chi connectivity index (χ3v) is 1.62. The summed E-state index contributed by atoms with van der Waals surface area (Å²) in [5, 5.41) is 8.65. The van der Waals surface area contributed by atoms with Crippen molar-refractivity contribution in [2.75, 3.05) is 19.6 Å². The zero-order valence-corrected chi connectivity index (χ0v) is 14.4. The SMILES string of the molecule is C=CC.C=NC(=C)CN(CC#N)CC(C)(C)C.CCC. The van der Waals surface area contributed by atoms with Crippen molar-refractivity contribution in [1.29, 1.82) is 5.26 Å². The maximum atomic E-state index is 8.65. The summed E-state index contributed by atoms with van der Waals surface area (Å²) in [6.45, 7) is 25.0. The molecule has 0 bridgehead atoms. The fourth-order valence-corrected chi connectivity index (χ4v) is 1.25. The summed E-state index contributed by atoms with van der Waals surface area (Å²) in [5.41, 5.74) is 0.891. The summed E-state index contributed by atoms with van der Waals surface area (Å²) in [7, 11) is 0. The van der Waals surface area contributed by atoms with Crippen LogP contribution in [0.15, 0.2) is 29.9 Å². The average molecular weight is 279 g/mol. The van der Waals surface area contributed by atoms with Crippen molar-refractivity contribution < 1.29 is 0 Å². The summed E-state index contributed by atoms with van der Waals surface area (Å²) in [6.07, 6.45) is 3.00. The second-order valence-electron chi connectivity index (χ2n) is 5.70. The molecule has 0 saturated heterocycles. The lowest BCUT2D eigenvalue weighted by molar-refractivity contribution is 0.223. The highest BCUT2D eigenvalue weighted by Gasteiger charge is 2.16. The fraction of sp³-hybridized carbons (Fsp3) is 0.647. The van der Waals surface area contributed by atoms with Crippen molar-refractivity contribution in [2.45, 2.75) is 48.0 Å². The topological polar surface area (TPSA) is 39.4 Å². The second-order valence-corrected chi connectivity index (χ2v) is 5.70. The highest BCUT2D eigenvalue weighted by Crippen LogP contribution is 2.15. The van der Waals surface area contributed by atoms with Crippen molar-refractivity contribution in [3.8, 4) is 6.07 Å². The van der Waals surface area contributed by atoms with Gasteiger partial charge >= 0.3 is 0 Å². The molecule has 0 unspecified atom stereocenters. The molecular formula is C17H33N3. The van der Waals surface area contributed by atoms with Gasteiger partial charge in [-0.15, -0.1) is 6.58 Å². The summed E-state index contributed by atoms with van der Waals surface area (Å²) in [4.78, 5) is 5.77. The maximum Gasteiger partial charge on any atom is 0.0869 e. The van der Waals surface area contributed by atoms with Crippen molar-refractivity contribution in [2.24, 2.45) is 10.4 Å². The summed E-state index contributed by atoms with van der Waals surface area (Å²) < 4.78 is 0. The molecule has 0 rings (SSSR count). The van der Waals surface area contributed by atoms with Crippen LogP contribution in [0.25, 0.3) is 0 Å². The van der Waals surface area contributed by atoms with Gasteiger partial charge in [-0.3, -0.25) is 9.89 Å². The third-order valence-electron chi connectivity index (χ3n) is 1.62. The van der Waals surface area contributed by atoms with Crippen molar-refractivity contribution in [1.82, 2.24) is 4.90 Å². The van der Waals surface area contributed by atoms with E-state index in [1.807, 2.05) is 11.8 Å². The van der Waals surface area contributed by atoms with Gasteiger partial charge in [-0.05, 0) is 19.1 Å². The van der Waals surface area contributed by atoms with Crippen LogP contribution < -0.4 is 0 Å². The first kappa shape index (κ1) is 23.7. The van der Waals surface area contributed by atoms with Gasteiger partial charge < -0.3 is 0 Å². The quantitative estimate of drug-likeness (QED) is 0.416. The molecule has 0 heterocycles. The Morgan fingerprint density at radius 3 is 2.00 bits per heavy atom. The van der Waals surface area contributed by atoms with E-state index in [0.717, 1.165) is 6.54 Å². The highest BCUT2D eigenvalue weighted by molar-refractivity contribution is 5.28. The van der Waals surface area contributed by atoms with E-state index in [0.29, 0.717) is 18.8 Å². The molecule has 20 heavy (non-hydrogen) atoms. The summed E-state index contributed by atoms with van der Waals surface area (Å²) in [5.74, 6) is 0. The van der Waals surface area contributed by atoms with E-state index < -0.39 is 0 Å². The van der Waals surface area contributed by atoms with Crippen LogP contribution in [0.1, 0.15) is 48.0 Å². The van der Waals surface area contributed by atoms with Gasteiger partial charge in [0.25, 0.3) is 0 Å². The van der Waals surface area contributed by atoms with Crippen LogP contribution in [0.4, 0.5) is 0 Å². The molecule has 3 heteroatoms. The molecule has 0 aromatic carbocycles. The largest absolute Gasteiger partial charge is 0.284 e. The normalized spacial score (nSPS) is 9.30. The van der Waals surface area contributed by atoms with Gasteiger partial charge in [0, 0.05) is 18.8 Å². The molecule has 3 nitrogen and oxygen atoms in total. The Labute approximate surface area is 126 Å². The second kappa shape index (κ2) is 15.7. The Morgan fingerprint density at radius 2 is 1.75 bits per heavy atom. The molecule has 0 aliphatic rings. The molecule has 0 radical (unpaired) electrons. The Balaban J connectivity index is -0.000000408. The third kappa shape index (κ3) is 25.4. The average Bonchev–Trinajstić information content (AvgIpc) is 2.29. The van der Waals surface area contributed by atoms with Gasteiger partial charge in [-0.1, -0.05) is 53.7 Å². The first-order valence-corrected chi connectivity index (χ1v) is 7.03. The molecule has 0 aromatic heterocycles. The predicted molar refractivity (Wildman–Crippen MR) is 92.0 cm³/mol. The Morgan fingerprint density at radius 1 is 1.35 bits per heavy atom. The Hall–Kier alpha value is -1.40. The lowest BCUT2D eigenvalue weighted by Crippen LogP contribution is -2.34. The first-order chi connectivity index (χ1) is 9.21. The number of hydrogen-bond donors (Lipinski definition) is 0. The van der Waals surface area contributed by atoms with Gasteiger partial charge in [-0.25, -0.2) is 0 Å². The molecule has 0 fully saturated rings. The van der Waals surface area contributed by atoms with E-state index in [2.05, 4.69) is 65.6 Å². The molecular weight excluding hydrogens is 246 g/mol. The van der Waals surface area contributed by atoms with Crippen LogP contribution in [0.5, 0.6) is 0 Å². The summed E-state index contributed by atoms with van der Waals surface area (Å²) >= 11 is 0. The van der Waals surface area contributed by atoms with E-state index in [1.165, 1.54) is 6.42 Å². The molecule has 0 spiro atoms. The monoisotopic (exact) mass is 279 g/mol. The van der Waals surface area contributed by atoms with Crippen LogP contribution in [0, 0.1) is 16.7 Å². The van der Waals surface area contributed by atoms with Crippen LogP contribution >= 0.6 is 0 Å². The number of hydrogen-bond acceptors (Lipinski definition) is 3. The standard InChI is InChI=1S/C11H19N3.C3H8.C3H6/c1-10(13-5)8-14(7-6-12)9-11(2,3)4;2*1-3-2/h1,5,7-9H2,2-4H3;3H2,1-2H3;3H,1H2,2H3. The van der Waals surface area contributed by atoms with Gasteiger partial charge in [-0.2, -0.15) is 5.26 Å². The minimum atomic E-state index is 0.179. The lowest BCUT2D eigenvalue weighted by atomic mass is 9.96. The van der Waals surface area contributed by atoms with Crippen LogP contribution in [0.2, 0.25) is 0 Å². The smallest absolute Gasteiger partial charge is 0.0869 e. The van der Waals surface area contributed by atoms with Gasteiger partial charge in [0.05, 0.1) is 12.6 Å². The minimum Gasteiger partial charge on any atom is -0.284 e. The number of nitriles is 1. The molecule has 0 aliphatic heterocycles. The number of nitrogens with zero attached hydrogens (tertiary/aromatic N) is 3. The zero-order valence-electron chi connectivity index (χ0n) is 14.4.